The lowest BCUT2D eigenvalue weighted by Gasteiger charge is -2.21. The molecule has 0 bridgehead atoms. The summed E-state index contributed by atoms with van der Waals surface area (Å²) in [5, 5.41) is 0. The predicted octanol–water partition coefficient (Wildman–Crippen LogP) is 1.01. The smallest absolute Gasteiger partial charge is 0.0992 e. The number of hydrogen-bond donors (Lipinski definition) is 0. The van der Waals surface area contributed by atoms with E-state index in [1.54, 1.807) is 4.31 Å². The van der Waals surface area contributed by atoms with E-state index in [0.717, 1.165) is 0 Å². The van der Waals surface area contributed by atoms with Crippen LogP contribution in [0.25, 0.3) is 0 Å². The van der Waals surface area contributed by atoms with Gasteiger partial charge in [-0.15, -0.1) is 0 Å². The van der Waals surface area contributed by atoms with E-state index in [9.17, 15) is 4.21 Å². The van der Waals surface area contributed by atoms with Gasteiger partial charge in [0.2, 0.25) is 0 Å². The normalized spacial score (nSPS) is 16.2. The van der Waals surface area contributed by atoms with Gasteiger partial charge >= 0.3 is 0 Å². The summed E-state index contributed by atoms with van der Waals surface area (Å²) in [6.45, 7) is 5.88. The van der Waals surface area contributed by atoms with E-state index in [1.165, 1.54) is 0 Å². The highest BCUT2D eigenvalue weighted by Crippen LogP contribution is 2.11. The Bertz CT molecular complexity index is 115. The van der Waals surface area contributed by atoms with Crippen molar-refractivity contribution in [1.82, 2.24) is 4.31 Å². The van der Waals surface area contributed by atoms with Gasteiger partial charge in [-0.1, -0.05) is 0 Å². The molecule has 0 saturated heterocycles. The molecule has 0 amide bonds. The van der Waals surface area contributed by atoms with E-state index in [2.05, 4.69) is 0 Å². The summed E-state index contributed by atoms with van der Waals surface area (Å²) in [6.07, 6.45) is 0. The van der Waals surface area contributed by atoms with E-state index in [0.29, 0.717) is 0 Å². The van der Waals surface area contributed by atoms with Crippen LogP contribution in [0.3, 0.4) is 0 Å². The lowest BCUT2D eigenvalue weighted by molar-refractivity contribution is 0.567. The molecule has 0 saturated carbocycles. The topological polar surface area (TPSA) is 20.3 Å². The van der Waals surface area contributed by atoms with Gasteiger partial charge in [0, 0.05) is 0 Å². The molecule has 1 unspecified atom stereocenters. The zero-order valence-corrected chi connectivity index (χ0v) is 7.58. The fourth-order valence-corrected chi connectivity index (χ4v) is 1.64. The molecule has 0 radical (unpaired) electrons. The molecule has 56 valence electrons. The lowest BCUT2D eigenvalue weighted by atomic mass is 10.3. The first-order chi connectivity index (χ1) is 3.85. The maximum Gasteiger partial charge on any atom is 0.0992 e. The first kappa shape index (κ1) is 9.11. The van der Waals surface area contributed by atoms with Gasteiger partial charge in [-0.2, -0.15) is 0 Å². The average Bonchev–Trinajstić information content (AvgIpc) is 1.62. The third-order valence-electron chi connectivity index (χ3n) is 0.856. The molecular weight excluding hydrogens is 134 g/mol. The summed E-state index contributed by atoms with van der Waals surface area (Å²) in [7, 11) is 2.79. The van der Waals surface area contributed by atoms with Crippen LogP contribution in [0.1, 0.15) is 20.8 Å². The quantitative estimate of drug-likeness (QED) is 0.545. The van der Waals surface area contributed by atoms with Gasteiger partial charge in [0.1, 0.15) is 0 Å². The van der Waals surface area contributed by atoms with Crippen LogP contribution in [0.5, 0.6) is 0 Å². The molecule has 0 aromatic rings. The van der Waals surface area contributed by atoms with E-state index in [4.69, 9.17) is 0 Å². The van der Waals surface area contributed by atoms with E-state index < -0.39 is 11.0 Å². The SMILES string of the molecule is CN(C)S(=O)C(C)(C)C. The van der Waals surface area contributed by atoms with Gasteiger partial charge < -0.3 is 0 Å². The average molecular weight is 149 g/mol. The van der Waals surface area contributed by atoms with Crippen LogP contribution < -0.4 is 0 Å². The fraction of sp³-hybridized carbons (Fsp3) is 1.00. The van der Waals surface area contributed by atoms with Crippen LogP contribution in [0.4, 0.5) is 0 Å². The van der Waals surface area contributed by atoms with Crippen LogP contribution in [-0.4, -0.2) is 27.4 Å². The van der Waals surface area contributed by atoms with Crippen molar-refractivity contribution in [3.8, 4) is 0 Å². The molecule has 2 nitrogen and oxygen atoms in total. The van der Waals surface area contributed by atoms with Crippen LogP contribution in [-0.2, 0) is 11.0 Å². The minimum atomic E-state index is -0.856. The van der Waals surface area contributed by atoms with Crippen molar-refractivity contribution in [1.29, 1.82) is 0 Å². The molecule has 0 aliphatic rings. The Kier molecular flexibility index (Phi) is 2.83. The highest BCUT2D eigenvalue weighted by atomic mass is 32.2. The number of hydrogen-bond acceptors (Lipinski definition) is 1. The first-order valence-corrected chi connectivity index (χ1v) is 4.05. The molecule has 0 spiro atoms. The molecule has 9 heavy (non-hydrogen) atoms. The molecule has 0 aromatic carbocycles. The summed E-state index contributed by atoms with van der Waals surface area (Å²) >= 11 is 0. The maximum absolute atomic E-state index is 11.2. The highest BCUT2D eigenvalue weighted by Gasteiger charge is 2.20. The standard InChI is InChI=1S/C6H15NOS/c1-6(2,3)9(8)7(4)5/h1-5H3. The molecule has 0 aromatic heterocycles. The number of nitrogens with zero attached hydrogens (tertiary/aromatic N) is 1. The Balaban J connectivity index is 4.06. The van der Waals surface area contributed by atoms with E-state index >= 15 is 0 Å². The van der Waals surface area contributed by atoms with Crippen molar-refractivity contribution >= 4 is 11.0 Å². The summed E-state index contributed by atoms with van der Waals surface area (Å²) in [5.74, 6) is 0. The van der Waals surface area contributed by atoms with Crippen LogP contribution >= 0.6 is 0 Å². The van der Waals surface area contributed by atoms with Gasteiger partial charge in [0.15, 0.2) is 0 Å². The zero-order valence-electron chi connectivity index (χ0n) is 6.76. The molecule has 0 heterocycles. The minimum absolute atomic E-state index is 0.122. The van der Waals surface area contributed by atoms with Crippen LogP contribution in [0, 0.1) is 0 Å². The second-order valence-electron chi connectivity index (χ2n) is 3.17. The van der Waals surface area contributed by atoms with Crippen LogP contribution in [0.15, 0.2) is 0 Å². The molecule has 0 rings (SSSR count). The summed E-state index contributed by atoms with van der Waals surface area (Å²) < 4.78 is 12.8. The lowest BCUT2D eigenvalue weighted by Crippen LogP contribution is -2.32. The van der Waals surface area contributed by atoms with Crippen molar-refractivity contribution in [2.24, 2.45) is 0 Å². The third kappa shape index (κ3) is 2.96. The third-order valence-corrected chi connectivity index (χ3v) is 2.57. The molecule has 0 aliphatic carbocycles. The molecular formula is C6H15NOS. The molecule has 0 fully saturated rings. The first-order valence-electron chi connectivity index (χ1n) is 2.95. The summed E-state index contributed by atoms with van der Waals surface area (Å²) in [6, 6.07) is 0. The van der Waals surface area contributed by atoms with E-state index in [1.807, 2.05) is 34.9 Å². The van der Waals surface area contributed by atoms with Crippen molar-refractivity contribution in [2.75, 3.05) is 14.1 Å². The van der Waals surface area contributed by atoms with Gasteiger partial charge in [-0.25, -0.2) is 8.51 Å². The Morgan fingerprint density at radius 3 is 1.56 bits per heavy atom. The minimum Gasteiger partial charge on any atom is -0.242 e. The largest absolute Gasteiger partial charge is 0.242 e. The summed E-state index contributed by atoms with van der Waals surface area (Å²) in [4.78, 5) is 0. The highest BCUT2D eigenvalue weighted by molar-refractivity contribution is 7.84. The Hall–Kier alpha value is 0.110. The van der Waals surface area contributed by atoms with Gasteiger partial charge in [0.05, 0.1) is 15.7 Å². The van der Waals surface area contributed by atoms with Gasteiger partial charge in [-0.3, -0.25) is 0 Å². The maximum atomic E-state index is 11.2. The van der Waals surface area contributed by atoms with Gasteiger partial charge in [-0.05, 0) is 34.9 Å². The predicted molar refractivity (Wildman–Crippen MR) is 41.6 cm³/mol. The van der Waals surface area contributed by atoms with Crippen molar-refractivity contribution in [3.05, 3.63) is 0 Å². The zero-order chi connectivity index (χ0) is 7.65. The van der Waals surface area contributed by atoms with Crippen molar-refractivity contribution in [3.63, 3.8) is 0 Å². The number of rotatable bonds is 1. The summed E-state index contributed by atoms with van der Waals surface area (Å²) in [5.41, 5.74) is 0. The van der Waals surface area contributed by atoms with Crippen molar-refractivity contribution in [2.45, 2.75) is 25.5 Å². The van der Waals surface area contributed by atoms with Gasteiger partial charge in [0.25, 0.3) is 0 Å². The van der Waals surface area contributed by atoms with Crippen molar-refractivity contribution < 1.29 is 4.21 Å². The second kappa shape index (κ2) is 2.80. The molecule has 1 atom stereocenters. The fourth-order valence-electron chi connectivity index (χ4n) is 0.548. The Morgan fingerprint density at radius 1 is 1.22 bits per heavy atom. The molecule has 0 aliphatic heterocycles. The van der Waals surface area contributed by atoms with E-state index in [-0.39, 0.29) is 4.75 Å². The molecule has 0 N–H and O–H groups in total. The van der Waals surface area contributed by atoms with Crippen LogP contribution in [0.2, 0.25) is 0 Å². The molecule has 3 heteroatoms. The second-order valence-corrected chi connectivity index (χ2v) is 5.63. The Labute approximate surface area is 59.8 Å². The monoisotopic (exact) mass is 149 g/mol. The Morgan fingerprint density at radius 2 is 1.56 bits per heavy atom.